The zero-order valence-electron chi connectivity index (χ0n) is 9.47. The number of ether oxygens (including phenoxy) is 1. The van der Waals surface area contributed by atoms with Crippen molar-refractivity contribution in [3.05, 3.63) is 40.9 Å². The van der Waals surface area contributed by atoms with Crippen molar-refractivity contribution in [2.24, 2.45) is 5.73 Å². The lowest BCUT2D eigenvalue weighted by Gasteiger charge is -2.10. The summed E-state index contributed by atoms with van der Waals surface area (Å²) >= 11 is 5.45. The summed E-state index contributed by atoms with van der Waals surface area (Å²) in [5, 5.41) is 0.170. The fourth-order valence-corrected chi connectivity index (χ4v) is 1.44. The third-order valence-corrected chi connectivity index (χ3v) is 2.10. The van der Waals surface area contributed by atoms with E-state index in [9.17, 15) is 8.78 Å². The predicted octanol–water partition coefficient (Wildman–Crippen LogP) is 2.99. The summed E-state index contributed by atoms with van der Waals surface area (Å²) in [6.07, 6.45) is 0.399. The van der Waals surface area contributed by atoms with Crippen LogP contribution in [0.1, 0.15) is 12.5 Å². The standard InChI is InChI=1S/C12H14ClF2NO/c1-7(13)6-17-12-10(14)4-9(3-8(2)16)5-11(12)15/h4-5,8H,1,3,6,16H2,2H3. The second-order valence-corrected chi connectivity index (χ2v) is 4.41. The highest BCUT2D eigenvalue weighted by Gasteiger charge is 2.13. The van der Waals surface area contributed by atoms with Gasteiger partial charge in [-0.1, -0.05) is 18.2 Å². The van der Waals surface area contributed by atoms with Crippen molar-refractivity contribution in [2.75, 3.05) is 6.61 Å². The van der Waals surface area contributed by atoms with Crippen LogP contribution in [0.4, 0.5) is 8.78 Å². The molecule has 0 heterocycles. The molecule has 5 heteroatoms. The minimum absolute atomic E-state index is 0.137. The molecule has 0 spiro atoms. The average molecular weight is 262 g/mol. The Morgan fingerprint density at radius 3 is 2.41 bits per heavy atom. The fraction of sp³-hybridized carbons (Fsp3) is 0.333. The summed E-state index contributed by atoms with van der Waals surface area (Å²) in [6.45, 7) is 4.99. The Hall–Kier alpha value is -1.13. The number of nitrogens with two attached hydrogens (primary N) is 1. The molecule has 1 atom stereocenters. The van der Waals surface area contributed by atoms with Crippen molar-refractivity contribution < 1.29 is 13.5 Å². The molecule has 0 aliphatic carbocycles. The quantitative estimate of drug-likeness (QED) is 0.884. The SMILES string of the molecule is C=C(Cl)COc1c(F)cc(CC(C)N)cc1F. The van der Waals surface area contributed by atoms with Crippen LogP contribution in [-0.4, -0.2) is 12.6 Å². The molecule has 0 aliphatic heterocycles. The number of hydrogen-bond donors (Lipinski definition) is 1. The molecular weight excluding hydrogens is 248 g/mol. The van der Waals surface area contributed by atoms with Gasteiger partial charge in [-0.05, 0) is 31.0 Å². The van der Waals surface area contributed by atoms with Crippen LogP contribution < -0.4 is 10.5 Å². The Kier molecular flexibility index (Phi) is 4.90. The molecule has 2 N–H and O–H groups in total. The van der Waals surface area contributed by atoms with Gasteiger partial charge in [0.15, 0.2) is 17.4 Å². The lowest BCUT2D eigenvalue weighted by atomic mass is 10.1. The summed E-state index contributed by atoms with van der Waals surface area (Å²) in [6, 6.07) is 2.25. The third kappa shape index (κ3) is 4.32. The number of rotatable bonds is 5. The largest absolute Gasteiger partial charge is 0.482 e. The molecule has 1 aromatic carbocycles. The highest BCUT2D eigenvalue weighted by Crippen LogP contribution is 2.24. The zero-order valence-corrected chi connectivity index (χ0v) is 10.2. The van der Waals surface area contributed by atoms with E-state index in [1.807, 2.05) is 0 Å². The Bertz CT molecular complexity index is 398. The predicted molar refractivity (Wildman–Crippen MR) is 64.2 cm³/mol. The lowest BCUT2D eigenvalue weighted by Crippen LogP contribution is -2.18. The minimum atomic E-state index is -0.765. The zero-order chi connectivity index (χ0) is 13.0. The summed E-state index contributed by atoms with van der Waals surface area (Å²) in [5.41, 5.74) is 6.05. The average Bonchev–Trinajstić information content (AvgIpc) is 2.14. The van der Waals surface area contributed by atoms with E-state index in [1.54, 1.807) is 6.92 Å². The summed E-state index contributed by atoms with van der Waals surface area (Å²) in [5.74, 6) is -1.97. The van der Waals surface area contributed by atoms with E-state index in [1.165, 1.54) is 12.1 Å². The number of benzene rings is 1. The molecule has 0 bridgehead atoms. The molecule has 0 saturated carbocycles. The van der Waals surface area contributed by atoms with Crippen molar-refractivity contribution in [2.45, 2.75) is 19.4 Å². The monoisotopic (exact) mass is 261 g/mol. The van der Waals surface area contributed by atoms with Crippen LogP contribution in [0.25, 0.3) is 0 Å². The van der Waals surface area contributed by atoms with Crippen LogP contribution in [0.5, 0.6) is 5.75 Å². The van der Waals surface area contributed by atoms with Gasteiger partial charge >= 0.3 is 0 Å². The molecule has 1 aromatic rings. The number of hydrogen-bond acceptors (Lipinski definition) is 2. The van der Waals surface area contributed by atoms with Gasteiger partial charge in [0.25, 0.3) is 0 Å². The van der Waals surface area contributed by atoms with Crippen LogP contribution in [0, 0.1) is 11.6 Å². The molecule has 1 unspecified atom stereocenters. The molecule has 0 aliphatic rings. The third-order valence-electron chi connectivity index (χ3n) is 1.99. The van der Waals surface area contributed by atoms with Crippen LogP contribution in [0.3, 0.4) is 0 Å². The van der Waals surface area contributed by atoms with Crippen molar-refractivity contribution in [3.63, 3.8) is 0 Å². The molecule has 0 radical (unpaired) electrons. The first-order chi connectivity index (χ1) is 7.90. The van der Waals surface area contributed by atoms with E-state index in [2.05, 4.69) is 6.58 Å². The van der Waals surface area contributed by atoms with Crippen molar-refractivity contribution in [1.29, 1.82) is 0 Å². The smallest absolute Gasteiger partial charge is 0.191 e. The molecule has 2 nitrogen and oxygen atoms in total. The topological polar surface area (TPSA) is 35.2 Å². The van der Waals surface area contributed by atoms with E-state index in [0.29, 0.717) is 12.0 Å². The van der Waals surface area contributed by atoms with E-state index in [0.717, 1.165) is 0 Å². The first-order valence-corrected chi connectivity index (χ1v) is 5.47. The maximum atomic E-state index is 13.5. The highest BCUT2D eigenvalue weighted by molar-refractivity contribution is 6.29. The first-order valence-electron chi connectivity index (χ1n) is 5.09. The molecular formula is C12H14ClF2NO. The second-order valence-electron chi connectivity index (χ2n) is 3.88. The van der Waals surface area contributed by atoms with E-state index >= 15 is 0 Å². The Morgan fingerprint density at radius 1 is 1.47 bits per heavy atom. The van der Waals surface area contributed by atoms with Crippen molar-refractivity contribution in [1.82, 2.24) is 0 Å². The maximum Gasteiger partial charge on any atom is 0.191 e. The van der Waals surface area contributed by atoms with Gasteiger partial charge in [-0.2, -0.15) is 0 Å². The number of halogens is 3. The summed E-state index contributed by atoms with van der Waals surface area (Å²) in [4.78, 5) is 0. The van der Waals surface area contributed by atoms with E-state index < -0.39 is 17.4 Å². The Balaban J connectivity index is 2.90. The molecule has 0 saturated heterocycles. The van der Waals surface area contributed by atoms with E-state index in [4.69, 9.17) is 22.1 Å². The van der Waals surface area contributed by atoms with Crippen LogP contribution in [0.2, 0.25) is 0 Å². The van der Waals surface area contributed by atoms with Gasteiger partial charge in [0.05, 0.1) is 0 Å². The molecule has 1 rings (SSSR count). The van der Waals surface area contributed by atoms with Gasteiger partial charge in [0.2, 0.25) is 0 Å². The van der Waals surface area contributed by atoms with E-state index in [-0.39, 0.29) is 17.7 Å². The maximum absolute atomic E-state index is 13.5. The molecule has 0 amide bonds. The molecule has 0 fully saturated rings. The van der Waals surface area contributed by atoms with Gasteiger partial charge in [-0.15, -0.1) is 0 Å². The molecule has 17 heavy (non-hydrogen) atoms. The lowest BCUT2D eigenvalue weighted by molar-refractivity contribution is 0.317. The normalized spacial score (nSPS) is 12.3. The Morgan fingerprint density at radius 2 is 2.00 bits per heavy atom. The highest BCUT2D eigenvalue weighted by atomic mass is 35.5. The van der Waals surface area contributed by atoms with Gasteiger partial charge < -0.3 is 10.5 Å². The molecule has 94 valence electrons. The minimum Gasteiger partial charge on any atom is -0.482 e. The summed E-state index contributed by atoms with van der Waals surface area (Å²) < 4.78 is 31.9. The van der Waals surface area contributed by atoms with Gasteiger partial charge in [-0.3, -0.25) is 0 Å². The van der Waals surface area contributed by atoms with Gasteiger partial charge in [-0.25, -0.2) is 8.78 Å². The first kappa shape index (κ1) is 13.9. The van der Waals surface area contributed by atoms with Gasteiger partial charge in [0, 0.05) is 11.1 Å². The van der Waals surface area contributed by atoms with Crippen LogP contribution in [0.15, 0.2) is 23.7 Å². The van der Waals surface area contributed by atoms with Gasteiger partial charge in [0.1, 0.15) is 6.61 Å². The fourth-order valence-electron chi connectivity index (χ4n) is 1.39. The molecule has 0 aromatic heterocycles. The summed E-state index contributed by atoms with van der Waals surface area (Å²) in [7, 11) is 0. The Labute approximate surface area is 104 Å². The van der Waals surface area contributed by atoms with Crippen LogP contribution >= 0.6 is 11.6 Å². The van der Waals surface area contributed by atoms with Crippen molar-refractivity contribution >= 4 is 11.6 Å². The van der Waals surface area contributed by atoms with Crippen LogP contribution in [-0.2, 0) is 6.42 Å². The van der Waals surface area contributed by atoms with Crippen molar-refractivity contribution in [3.8, 4) is 5.75 Å². The second kappa shape index (κ2) is 5.98.